The zero-order valence-corrected chi connectivity index (χ0v) is 29.9. The van der Waals surface area contributed by atoms with E-state index in [4.69, 9.17) is 14.4 Å². The quantitative estimate of drug-likeness (QED) is 0.183. The fourth-order valence-corrected chi connectivity index (χ4v) is 9.18. The van der Waals surface area contributed by atoms with Gasteiger partial charge in [0.25, 0.3) is 0 Å². The van der Waals surface area contributed by atoms with Gasteiger partial charge in [0.05, 0.1) is 33.1 Å². The third kappa shape index (κ3) is 3.94. The zero-order chi connectivity index (χ0) is 36.5. The van der Waals surface area contributed by atoms with Crippen LogP contribution in [0.3, 0.4) is 0 Å². The van der Waals surface area contributed by atoms with Gasteiger partial charge in [0, 0.05) is 38.0 Å². The van der Waals surface area contributed by atoms with Gasteiger partial charge in [-0.2, -0.15) is 0 Å². The molecule has 0 aliphatic rings. The number of para-hydroxylation sites is 5. The minimum absolute atomic E-state index is 0.742. The Bertz CT molecular complexity index is 3770. The molecule has 0 fully saturated rings. The number of imidazole rings is 1. The van der Waals surface area contributed by atoms with E-state index < -0.39 is 0 Å². The van der Waals surface area contributed by atoms with Crippen molar-refractivity contribution in [3.63, 3.8) is 0 Å². The molecule has 0 aliphatic carbocycles. The Morgan fingerprint density at radius 3 is 1.71 bits per heavy atom. The van der Waals surface area contributed by atoms with Gasteiger partial charge in [-0.15, -0.1) is 0 Å². The number of pyridine rings is 2. The number of aromatic nitrogens is 5. The predicted molar refractivity (Wildman–Crippen MR) is 229 cm³/mol. The summed E-state index contributed by atoms with van der Waals surface area (Å²) in [7, 11) is 0. The molecule has 56 heavy (non-hydrogen) atoms. The average molecular weight is 716 g/mol. The van der Waals surface area contributed by atoms with Gasteiger partial charge in [0.15, 0.2) is 11.2 Å². The molecule has 0 amide bonds. The predicted octanol–water partition coefficient (Wildman–Crippen LogP) is 12.8. The molecule has 6 nitrogen and oxygen atoms in total. The first-order chi connectivity index (χ1) is 27.8. The Morgan fingerprint density at radius 1 is 0.411 bits per heavy atom. The van der Waals surface area contributed by atoms with E-state index in [1.54, 1.807) is 0 Å². The third-order valence-corrected chi connectivity index (χ3v) is 11.6. The Labute approximate surface area is 318 Å². The Balaban J connectivity index is 1.03. The van der Waals surface area contributed by atoms with Crippen molar-refractivity contribution in [2.75, 3.05) is 0 Å². The maximum absolute atomic E-state index is 6.67. The highest BCUT2D eigenvalue weighted by Gasteiger charge is 2.22. The third-order valence-electron chi connectivity index (χ3n) is 11.6. The monoisotopic (exact) mass is 715 g/mol. The number of hydrogen-bond donors (Lipinski definition) is 0. The average Bonchev–Trinajstić information content (AvgIpc) is 4.01. The molecule has 13 rings (SSSR count). The van der Waals surface area contributed by atoms with Crippen molar-refractivity contribution < 1.29 is 4.42 Å². The van der Waals surface area contributed by atoms with E-state index in [1.807, 2.05) is 6.07 Å². The van der Waals surface area contributed by atoms with Crippen molar-refractivity contribution in [2.24, 2.45) is 0 Å². The number of furan rings is 1. The second-order valence-electron chi connectivity index (χ2n) is 14.6. The van der Waals surface area contributed by atoms with E-state index >= 15 is 0 Å². The van der Waals surface area contributed by atoms with E-state index in [2.05, 4.69) is 183 Å². The van der Waals surface area contributed by atoms with Gasteiger partial charge >= 0.3 is 0 Å². The van der Waals surface area contributed by atoms with Crippen LogP contribution in [-0.2, 0) is 0 Å². The van der Waals surface area contributed by atoms with Crippen LogP contribution >= 0.6 is 0 Å². The smallest absolute Gasteiger partial charge is 0.161 e. The lowest BCUT2D eigenvalue weighted by Crippen LogP contribution is -1.98. The number of hydrogen-bond acceptors (Lipinski definition) is 3. The van der Waals surface area contributed by atoms with Gasteiger partial charge in [-0.1, -0.05) is 103 Å². The molecule has 0 aliphatic heterocycles. The fourth-order valence-electron chi connectivity index (χ4n) is 9.18. The molecule has 6 heteroatoms. The van der Waals surface area contributed by atoms with Crippen LogP contribution in [0.1, 0.15) is 0 Å². The first-order valence-corrected chi connectivity index (χ1v) is 18.9. The Hall–Kier alpha value is -7.70. The number of nitrogens with zero attached hydrogens (tertiary/aromatic N) is 5. The maximum Gasteiger partial charge on any atom is 0.161 e. The summed E-state index contributed by atoms with van der Waals surface area (Å²) in [6, 6.07) is 62.4. The summed E-state index contributed by atoms with van der Waals surface area (Å²) in [4.78, 5) is 10.5. The van der Waals surface area contributed by atoms with Crippen LogP contribution in [0, 0.1) is 0 Å². The highest BCUT2D eigenvalue weighted by molar-refractivity contribution is 6.18. The van der Waals surface area contributed by atoms with Crippen molar-refractivity contribution in [1.82, 2.24) is 23.5 Å². The highest BCUT2D eigenvalue weighted by atomic mass is 16.3. The summed E-state index contributed by atoms with van der Waals surface area (Å²) < 4.78 is 13.5. The minimum atomic E-state index is 0.742. The lowest BCUT2D eigenvalue weighted by atomic mass is 10.0. The Morgan fingerprint density at radius 2 is 0.982 bits per heavy atom. The largest absolute Gasteiger partial charge is 0.452 e. The van der Waals surface area contributed by atoms with Crippen LogP contribution in [0.2, 0.25) is 0 Å². The first-order valence-electron chi connectivity index (χ1n) is 18.9. The zero-order valence-electron chi connectivity index (χ0n) is 29.9. The lowest BCUT2D eigenvalue weighted by Gasteiger charge is -2.09. The second-order valence-corrected chi connectivity index (χ2v) is 14.6. The van der Waals surface area contributed by atoms with E-state index in [1.165, 1.54) is 43.7 Å². The van der Waals surface area contributed by atoms with Gasteiger partial charge in [-0.05, 0) is 83.9 Å². The Kier molecular flexibility index (Phi) is 5.80. The van der Waals surface area contributed by atoms with Gasteiger partial charge in [0.1, 0.15) is 22.5 Å². The van der Waals surface area contributed by atoms with Gasteiger partial charge < -0.3 is 8.98 Å². The molecule has 0 saturated heterocycles. The van der Waals surface area contributed by atoms with Crippen molar-refractivity contribution in [3.8, 4) is 22.6 Å². The molecule has 260 valence electrons. The standard InChI is InChI=1S/C50H29N5O/c1-2-12-32(13-3-1)53-40-19-9-6-14-33(40)37-28-30(22-24-42(37)53)31-23-25-43-38(29-31)34-15-7-10-20-41(34)54(43)46-27-26-45-47(52-46)48-49(56-45)35-16-4-5-17-36(35)50-51-39-18-8-11-21-44(39)55(48)50/h1-29H. The van der Waals surface area contributed by atoms with Crippen LogP contribution in [0.4, 0.5) is 0 Å². The molecule has 0 bridgehead atoms. The second kappa shape index (κ2) is 10.9. The molecule has 0 spiro atoms. The van der Waals surface area contributed by atoms with E-state index in [0.717, 1.165) is 72.2 Å². The molecule has 6 aromatic heterocycles. The summed E-state index contributed by atoms with van der Waals surface area (Å²) in [5.41, 5.74) is 14.3. The summed E-state index contributed by atoms with van der Waals surface area (Å²) in [6.45, 7) is 0. The molecule has 0 N–H and O–H groups in total. The maximum atomic E-state index is 6.67. The molecule has 6 heterocycles. The first kappa shape index (κ1) is 29.7. The summed E-state index contributed by atoms with van der Waals surface area (Å²) in [5, 5.41) is 6.92. The normalized spacial score (nSPS) is 12.3. The number of rotatable bonds is 3. The number of fused-ring (bicyclic) bond motifs is 16. The van der Waals surface area contributed by atoms with E-state index in [9.17, 15) is 0 Å². The number of benzene rings is 7. The van der Waals surface area contributed by atoms with Crippen LogP contribution in [0.25, 0.3) is 116 Å². The highest BCUT2D eigenvalue weighted by Crippen LogP contribution is 2.41. The topological polar surface area (TPSA) is 53.2 Å². The van der Waals surface area contributed by atoms with E-state index in [-0.39, 0.29) is 0 Å². The minimum Gasteiger partial charge on any atom is -0.452 e. The molecule has 0 radical (unpaired) electrons. The lowest BCUT2D eigenvalue weighted by molar-refractivity contribution is 0.671. The fraction of sp³-hybridized carbons (Fsp3) is 0. The summed E-state index contributed by atoms with van der Waals surface area (Å²) in [5.74, 6) is 0.833. The molecular weight excluding hydrogens is 687 g/mol. The van der Waals surface area contributed by atoms with Gasteiger partial charge in [0.2, 0.25) is 0 Å². The van der Waals surface area contributed by atoms with Crippen molar-refractivity contribution in [1.29, 1.82) is 0 Å². The SMILES string of the molecule is c1ccc(-n2c3ccccc3c3cc(-c4ccc5c(c4)c4ccccc4n5-c4ccc5oc6c7ccccc7c7nc8ccccc8n7c6c5n4)ccc32)cc1. The van der Waals surface area contributed by atoms with Gasteiger partial charge in [-0.3, -0.25) is 8.97 Å². The van der Waals surface area contributed by atoms with Crippen LogP contribution < -0.4 is 0 Å². The summed E-state index contributed by atoms with van der Waals surface area (Å²) in [6.07, 6.45) is 0. The molecule has 0 saturated carbocycles. The van der Waals surface area contributed by atoms with Crippen molar-refractivity contribution in [3.05, 3.63) is 176 Å². The van der Waals surface area contributed by atoms with Crippen molar-refractivity contribution >= 4 is 93.3 Å². The van der Waals surface area contributed by atoms with E-state index in [0.29, 0.717) is 0 Å². The van der Waals surface area contributed by atoms with Crippen LogP contribution in [0.5, 0.6) is 0 Å². The molecule has 0 atom stereocenters. The molecular formula is C50H29N5O. The van der Waals surface area contributed by atoms with Crippen molar-refractivity contribution in [2.45, 2.75) is 0 Å². The van der Waals surface area contributed by atoms with Crippen LogP contribution in [0.15, 0.2) is 180 Å². The molecule has 13 aromatic rings. The summed E-state index contributed by atoms with van der Waals surface area (Å²) >= 11 is 0. The van der Waals surface area contributed by atoms with Crippen LogP contribution in [-0.4, -0.2) is 23.5 Å². The molecule has 7 aromatic carbocycles. The molecule has 0 unspecified atom stereocenters. The van der Waals surface area contributed by atoms with Gasteiger partial charge in [-0.25, -0.2) is 9.97 Å².